The van der Waals surface area contributed by atoms with Gasteiger partial charge in [0.05, 0.1) is 52.6 Å². The Balaban J connectivity index is 1.70. The number of amides is 1. The highest BCUT2D eigenvalue weighted by molar-refractivity contribution is 7.91. The normalized spacial score (nSPS) is 20.1. The number of H-pyrrole nitrogens is 1. The number of rotatable bonds is 6. The van der Waals surface area contributed by atoms with Gasteiger partial charge in [-0.3, -0.25) is 4.79 Å². The van der Waals surface area contributed by atoms with E-state index in [0.29, 0.717) is 61.0 Å². The number of sulfone groups is 1. The second-order valence-electron chi connectivity index (χ2n) is 10.1. The fourth-order valence-electron chi connectivity index (χ4n) is 4.82. The number of aromatic amines is 1. The van der Waals surface area contributed by atoms with E-state index in [1.807, 2.05) is 0 Å². The zero-order valence-electron chi connectivity index (χ0n) is 20.6. The molecule has 3 N–H and O–H groups in total. The fourth-order valence-corrected chi connectivity index (χ4v) is 6.67. The number of aromatic nitrogens is 3. The minimum absolute atomic E-state index is 0.103. The number of carbonyl (C=O) groups excluding carboxylic acids is 1. The van der Waals surface area contributed by atoms with Gasteiger partial charge in [-0.2, -0.15) is 0 Å². The molecule has 0 radical (unpaired) electrons. The third kappa shape index (κ3) is 4.63. The van der Waals surface area contributed by atoms with Crippen molar-refractivity contribution in [3.05, 3.63) is 35.8 Å². The zero-order chi connectivity index (χ0) is 25.7. The summed E-state index contributed by atoms with van der Waals surface area (Å²) in [5.74, 6) is -0.0523. The summed E-state index contributed by atoms with van der Waals surface area (Å²) in [6.07, 6.45) is 4.48. The second-order valence-corrected chi connectivity index (χ2v) is 12.2. The molecule has 2 aliphatic heterocycles. The Morgan fingerprint density at radius 1 is 1.31 bits per heavy atom. The van der Waals surface area contributed by atoms with Gasteiger partial charge in [0.25, 0.3) is 0 Å². The Bertz CT molecular complexity index is 1430. The van der Waals surface area contributed by atoms with Crippen LogP contribution < -0.4 is 5.32 Å². The van der Waals surface area contributed by atoms with Crippen molar-refractivity contribution in [3.63, 3.8) is 0 Å². The lowest BCUT2D eigenvalue weighted by Gasteiger charge is -2.35. The quantitative estimate of drug-likeness (QED) is 0.456. The van der Waals surface area contributed by atoms with Crippen LogP contribution in [0.5, 0.6) is 0 Å². The highest BCUT2D eigenvalue weighted by Gasteiger charge is 2.45. The summed E-state index contributed by atoms with van der Waals surface area (Å²) in [4.78, 5) is 24.1. The maximum Gasteiger partial charge on any atom is 0.222 e. The molecule has 0 aromatic carbocycles. The minimum atomic E-state index is -3.75. The molecule has 36 heavy (non-hydrogen) atoms. The van der Waals surface area contributed by atoms with Gasteiger partial charge >= 0.3 is 0 Å². The van der Waals surface area contributed by atoms with E-state index >= 15 is 0 Å². The molecule has 0 aliphatic carbocycles. The molecule has 10 nitrogen and oxygen atoms in total. The molecule has 5 rings (SSSR count). The molecule has 192 valence electrons. The molecular weight excluding hydrogens is 484 g/mol. The van der Waals surface area contributed by atoms with Crippen LogP contribution in [0, 0.1) is 0 Å². The number of nitrogens with zero attached hydrogens (tertiary/aromatic N) is 2. The summed E-state index contributed by atoms with van der Waals surface area (Å²) < 4.78 is 39.1. The van der Waals surface area contributed by atoms with E-state index in [0.717, 1.165) is 10.9 Å². The highest BCUT2D eigenvalue weighted by atomic mass is 32.2. The van der Waals surface area contributed by atoms with E-state index in [-0.39, 0.29) is 23.0 Å². The number of hydrogen-bond donors (Lipinski definition) is 3. The van der Waals surface area contributed by atoms with Crippen molar-refractivity contribution in [1.29, 1.82) is 0 Å². The molecule has 1 unspecified atom stereocenters. The number of carbonyl (C=O) groups is 1. The Morgan fingerprint density at radius 3 is 2.81 bits per heavy atom. The van der Waals surface area contributed by atoms with Crippen LogP contribution in [-0.2, 0) is 36.1 Å². The van der Waals surface area contributed by atoms with E-state index in [1.54, 1.807) is 38.4 Å². The third-order valence-corrected chi connectivity index (χ3v) is 8.47. The first-order valence-corrected chi connectivity index (χ1v) is 13.6. The van der Waals surface area contributed by atoms with Crippen molar-refractivity contribution in [2.75, 3.05) is 30.9 Å². The van der Waals surface area contributed by atoms with Crippen LogP contribution in [0.4, 0.5) is 5.82 Å². The number of nitrogens with one attached hydrogen (secondary N) is 2. The SMILES string of the molecule is CC(=O)Nc1cc2c(-c3cc(S(=O)(=O)CCC(C)(C)O)c4c(n3)C3(CCOC3)OCC4)c[nH]c2cn1. The Labute approximate surface area is 209 Å². The van der Waals surface area contributed by atoms with Gasteiger partial charge in [0, 0.05) is 37.1 Å². The molecule has 1 spiro atoms. The molecule has 1 atom stereocenters. The van der Waals surface area contributed by atoms with Gasteiger partial charge in [0.15, 0.2) is 9.84 Å². The molecule has 5 heterocycles. The summed E-state index contributed by atoms with van der Waals surface area (Å²) in [6.45, 7) is 5.80. The van der Waals surface area contributed by atoms with Crippen molar-refractivity contribution in [3.8, 4) is 11.3 Å². The minimum Gasteiger partial charge on any atom is -0.390 e. The van der Waals surface area contributed by atoms with E-state index in [9.17, 15) is 18.3 Å². The average Bonchev–Trinajstić information content (AvgIpc) is 3.44. The first kappa shape index (κ1) is 24.8. The van der Waals surface area contributed by atoms with Crippen LogP contribution in [0.2, 0.25) is 0 Å². The first-order chi connectivity index (χ1) is 17.0. The number of hydrogen-bond acceptors (Lipinski definition) is 8. The molecule has 3 aromatic rings. The molecule has 1 amide bonds. The summed E-state index contributed by atoms with van der Waals surface area (Å²) >= 11 is 0. The Hall–Kier alpha value is -2.86. The molecule has 3 aromatic heterocycles. The van der Waals surface area contributed by atoms with Crippen LogP contribution in [0.15, 0.2) is 29.4 Å². The second kappa shape index (κ2) is 8.91. The molecule has 11 heteroatoms. The maximum absolute atomic E-state index is 13.6. The summed E-state index contributed by atoms with van der Waals surface area (Å²) in [7, 11) is -3.75. The van der Waals surface area contributed by atoms with Crippen molar-refractivity contribution >= 4 is 32.5 Å². The average molecular weight is 515 g/mol. The lowest BCUT2D eigenvalue weighted by atomic mass is 9.89. The van der Waals surface area contributed by atoms with Crippen LogP contribution >= 0.6 is 0 Å². The van der Waals surface area contributed by atoms with Crippen molar-refractivity contribution in [1.82, 2.24) is 15.0 Å². The summed E-state index contributed by atoms with van der Waals surface area (Å²) in [6, 6.07) is 3.35. The van der Waals surface area contributed by atoms with E-state index in [1.165, 1.54) is 6.92 Å². The van der Waals surface area contributed by atoms with E-state index in [2.05, 4.69) is 15.3 Å². The van der Waals surface area contributed by atoms with Crippen molar-refractivity contribution < 1.29 is 27.8 Å². The van der Waals surface area contributed by atoms with Gasteiger partial charge in [-0.05, 0) is 44.4 Å². The largest absolute Gasteiger partial charge is 0.390 e. The predicted octanol–water partition coefficient (Wildman–Crippen LogP) is 2.71. The number of anilines is 1. The lowest BCUT2D eigenvalue weighted by Crippen LogP contribution is -2.38. The predicted molar refractivity (Wildman–Crippen MR) is 133 cm³/mol. The number of fused-ring (bicyclic) bond motifs is 3. The van der Waals surface area contributed by atoms with Crippen LogP contribution in [0.1, 0.15) is 44.9 Å². The van der Waals surface area contributed by atoms with Gasteiger partial charge in [0.2, 0.25) is 5.91 Å². The van der Waals surface area contributed by atoms with Crippen molar-refractivity contribution in [2.24, 2.45) is 0 Å². The van der Waals surface area contributed by atoms with Crippen LogP contribution in [0.25, 0.3) is 22.2 Å². The highest BCUT2D eigenvalue weighted by Crippen LogP contribution is 2.43. The zero-order valence-corrected chi connectivity index (χ0v) is 21.4. The standard InChI is InChI=1S/C25H30N4O6S/c1-15(30)28-22-10-17-18(12-26-20(17)13-27-22)19-11-21(36(32,33)9-6-24(2,3)31)16-4-7-35-25(23(16)29-19)5-8-34-14-25/h10-13,26,31H,4-9,14H2,1-3H3,(H,27,28,30). The fraction of sp³-hybridized carbons (Fsp3) is 0.480. The first-order valence-electron chi connectivity index (χ1n) is 11.9. The number of aliphatic hydroxyl groups is 1. The molecule has 0 bridgehead atoms. The molecular formula is C25H30N4O6S. The smallest absolute Gasteiger partial charge is 0.222 e. The Kier molecular flexibility index (Phi) is 6.14. The number of ether oxygens (including phenoxy) is 2. The number of pyridine rings is 2. The van der Waals surface area contributed by atoms with Crippen LogP contribution in [-0.4, -0.2) is 65.6 Å². The van der Waals surface area contributed by atoms with Gasteiger partial charge < -0.3 is 24.9 Å². The molecule has 0 saturated carbocycles. The summed E-state index contributed by atoms with van der Waals surface area (Å²) in [5.41, 5.74) is 1.22. The lowest BCUT2D eigenvalue weighted by molar-refractivity contribution is -0.114. The Morgan fingerprint density at radius 2 is 2.11 bits per heavy atom. The van der Waals surface area contributed by atoms with Gasteiger partial charge in [-0.15, -0.1) is 0 Å². The third-order valence-electron chi connectivity index (χ3n) is 6.69. The monoisotopic (exact) mass is 514 g/mol. The molecule has 1 saturated heterocycles. The van der Waals surface area contributed by atoms with E-state index in [4.69, 9.17) is 14.5 Å². The van der Waals surface area contributed by atoms with Gasteiger partial charge in [-0.1, -0.05) is 0 Å². The molecule has 2 aliphatic rings. The maximum atomic E-state index is 13.6. The van der Waals surface area contributed by atoms with Crippen molar-refractivity contribution in [2.45, 2.75) is 56.1 Å². The summed E-state index contributed by atoms with van der Waals surface area (Å²) in [5, 5.41) is 13.6. The molecule has 1 fully saturated rings. The topological polar surface area (TPSA) is 144 Å². The van der Waals surface area contributed by atoms with Gasteiger partial charge in [0.1, 0.15) is 11.4 Å². The van der Waals surface area contributed by atoms with Crippen LogP contribution in [0.3, 0.4) is 0 Å². The van der Waals surface area contributed by atoms with E-state index < -0.39 is 21.0 Å². The van der Waals surface area contributed by atoms with Gasteiger partial charge in [-0.25, -0.2) is 18.4 Å².